The summed E-state index contributed by atoms with van der Waals surface area (Å²) in [5.74, 6) is 1.55. The third-order valence-corrected chi connectivity index (χ3v) is 3.10. The van der Waals surface area contributed by atoms with Gasteiger partial charge in [-0.15, -0.1) is 0 Å². The van der Waals surface area contributed by atoms with E-state index in [0.717, 1.165) is 33.9 Å². The fraction of sp³-hybridized carbons (Fsp3) is 0.143. The van der Waals surface area contributed by atoms with E-state index in [4.69, 9.17) is 9.47 Å². The van der Waals surface area contributed by atoms with Crippen LogP contribution in [0.2, 0.25) is 0 Å². The molecule has 3 heterocycles. The van der Waals surface area contributed by atoms with Gasteiger partial charge in [0, 0.05) is 11.8 Å². The topological polar surface area (TPSA) is 60.0 Å². The molecule has 1 aliphatic heterocycles. The van der Waals surface area contributed by atoms with E-state index < -0.39 is 0 Å². The Morgan fingerprint density at radius 1 is 1.05 bits per heavy atom. The minimum absolute atomic E-state index is 0.582. The number of aromatic amines is 1. The van der Waals surface area contributed by atoms with E-state index in [1.54, 1.807) is 6.20 Å². The van der Waals surface area contributed by atoms with Crippen molar-refractivity contribution < 1.29 is 9.47 Å². The number of hydrogen-bond donors (Lipinski definition) is 1. The second kappa shape index (κ2) is 3.98. The van der Waals surface area contributed by atoms with E-state index in [2.05, 4.69) is 15.0 Å². The van der Waals surface area contributed by atoms with Gasteiger partial charge in [0.05, 0.1) is 11.9 Å². The summed E-state index contributed by atoms with van der Waals surface area (Å²) in [5, 5.41) is 0. The number of hydrogen-bond acceptors (Lipinski definition) is 4. The zero-order valence-corrected chi connectivity index (χ0v) is 10.1. The van der Waals surface area contributed by atoms with Gasteiger partial charge in [0.25, 0.3) is 0 Å². The predicted molar refractivity (Wildman–Crippen MR) is 70.3 cm³/mol. The first-order chi connectivity index (χ1) is 9.40. The molecule has 5 nitrogen and oxygen atoms in total. The van der Waals surface area contributed by atoms with Gasteiger partial charge in [0.15, 0.2) is 17.1 Å². The van der Waals surface area contributed by atoms with E-state index in [1.165, 1.54) is 0 Å². The summed E-state index contributed by atoms with van der Waals surface area (Å²) < 4.78 is 11.1. The molecular formula is C14H11N3O2. The van der Waals surface area contributed by atoms with Crippen molar-refractivity contribution in [2.75, 3.05) is 13.2 Å². The fourth-order valence-electron chi connectivity index (χ4n) is 2.17. The lowest BCUT2D eigenvalue weighted by Crippen LogP contribution is -2.15. The number of rotatable bonds is 1. The number of nitrogens with one attached hydrogen (secondary N) is 1. The summed E-state index contributed by atoms with van der Waals surface area (Å²) in [7, 11) is 0. The number of benzene rings is 1. The molecule has 0 atom stereocenters. The molecular weight excluding hydrogens is 242 g/mol. The van der Waals surface area contributed by atoms with Crippen LogP contribution in [0.25, 0.3) is 22.4 Å². The highest BCUT2D eigenvalue weighted by atomic mass is 16.6. The van der Waals surface area contributed by atoms with Crippen LogP contribution in [0, 0.1) is 0 Å². The van der Waals surface area contributed by atoms with Crippen LogP contribution in [-0.2, 0) is 0 Å². The molecule has 94 valence electrons. The van der Waals surface area contributed by atoms with E-state index >= 15 is 0 Å². The van der Waals surface area contributed by atoms with Crippen molar-refractivity contribution in [3.05, 3.63) is 36.7 Å². The Balaban J connectivity index is 1.82. The molecule has 1 N–H and O–H groups in total. The third kappa shape index (κ3) is 1.71. The Labute approximate surface area is 109 Å². The SMILES string of the molecule is c1cc2nc(-c3ccc4c(c3)OCCO4)cnc2[nH]1. The molecule has 0 spiro atoms. The summed E-state index contributed by atoms with van der Waals surface area (Å²) in [4.78, 5) is 11.9. The Kier molecular flexibility index (Phi) is 2.17. The largest absolute Gasteiger partial charge is 0.486 e. The van der Waals surface area contributed by atoms with Crippen molar-refractivity contribution >= 4 is 11.2 Å². The lowest BCUT2D eigenvalue weighted by molar-refractivity contribution is 0.171. The molecule has 0 aliphatic carbocycles. The van der Waals surface area contributed by atoms with Crippen LogP contribution >= 0.6 is 0 Å². The molecule has 0 unspecified atom stereocenters. The van der Waals surface area contributed by atoms with Crippen molar-refractivity contribution in [2.24, 2.45) is 0 Å². The van der Waals surface area contributed by atoms with Crippen molar-refractivity contribution in [1.82, 2.24) is 15.0 Å². The van der Waals surface area contributed by atoms with Crippen LogP contribution in [-0.4, -0.2) is 28.2 Å². The van der Waals surface area contributed by atoms with Gasteiger partial charge < -0.3 is 14.5 Å². The van der Waals surface area contributed by atoms with E-state index in [1.807, 2.05) is 30.5 Å². The molecule has 1 aromatic carbocycles. The molecule has 0 radical (unpaired) electrons. The van der Waals surface area contributed by atoms with Crippen molar-refractivity contribution in [2.45, 2.75) is 0 Å². The van der Waals surface area contributed by atoms with Crippen molar-refractivity contribution in [3.63, 3.8) is 0 Å². The summed E-state index contributed by atoms with van der Waals surface area (Å²) in [6, 6.07) is 7.73. The first kappa shape index (κ1) is 10.4. The second-order valence-electron chi connectivity index (χ2n) is 4.33. The van der Waals surface area contributed by atoms with Gasteiger partial charge in [0.2, 0.25) is 0 Å². The predicted octanol–water partition coefficient (Wildman–Crippen LogP) is 2.40. The Hall–Kier alpha value is -2.56. The van der Waals surface area contributed by atoms with Gasteiger partial charge in [-0.05, 0) is 24.3 Å². The average Bonchev–Trinajstić information content (AvgIpc) is 2.94. The summed E-state index contributed by atoms with van der Waals surface area (Å²) in [6.45, 7) is 1.18. The zero-order valence-electron chi connectivity index (χ0n) is 10.1. The van der Waals surface area contributed by atoms with Crippen LogP contribution in [0.5, 0.6) is 11.5 Å². The fourth-order valence-corrected chi connectivity index (χ4v) is 2.17. The molecule has 2 aromatic heterocycles. The van der Waals surface area contributed by atoms with E-state index in [9.17, 15) is 0 Å². The molecule has 4 rings (SSSR count). The quantitative estimate of drug-likeness (QED) is 0.723. The Morgan fingerprint density at radius 3 is 2.89 bits per heavy atom. The summed E-state index contributed by atoms with van der Waals surface area (Å²) >= 11 is 0. The molecule has 3 aromatic rings. The summed E-state index contributed by atoms with van der Waals surface area (Å²) in [5.41, 5.74) is 3.44. The van der Waals surface area contributed by atoms with Crippen LogP contribution in [0.15, 0.2) is 36.7 Å². The van der Waals surface area contributed by atoms with Crippen LogP contribution in [0.1, 0.15) is 0 Å². The maximum Gasteiger partial charge on any atom is 0.162 e. The lowest BCUT2D eigenvalue weighted by atomic mass is 10.1. The normalized spacial score (nSPS) is 13.7. The van der Waals surface area contributed by atoms with Crippen LogP contribution < -0.4 is 9.47 Å². The molecule has 0 amide bonds. The highest BCUT2D eigenvalue weighted by molar-refractivity contribution is 5.74. The second-order valence-corrected chi connectivity index (χ2v) is 4.33. The molecule has 0 saturated carbocycles. The molecule has 0 bridgehead atoms. The maximum absolute atomic E-state index is 5.58. The molecule has 5 heteroatoms. The highest BCUT2D eigenvalue weighted by Gasteiger charge is 2.13. The van der Waals surface area contributed by atoms with Crippen molar-refractivity contribution in [3.8, 4) is 22.8 Å². The van der Waals surface area contributed by atoms with Crippen molar-refractivity contribution in [1.29, 1.82) is 0 Å². The zero-order chi connectivity index (χ0) is 12.7. The smallest absolute Gasteiger partial charge is 0.162 e. The number of ether oxygens (including phenoxy) is 2. The van der Waals surface area contributed by atoms with Gasteiger partial charge in [-0.2, -0.15) is 0 Å². The number of aromatic nitrogens is 3. The third-order valence-electron chi connectivity index (χ3n) is 3.10. The monoisotopic (exact) mass is 253 g/mol. The Bertz CT molecular complexity index is 751. The van der Waals surface area contributed by atoms with Gasteiger partial charge in [-0.3, -0.25) is 0 Å². The van der Waals surface area contributed by atoms with Crippen LogP contribution in [0.4, 0.5) is 0 Å². The minimum atomic E-state index is 0.582. The van der Waals surface area contributed by atoms with Gasteiger partial charge >= 0.3 is 0 Å². The summed E-state index contributed by atoms with van der Waals surface area (Å²) in [6.07, 6.45) is 3.59. The van der Waals surface area contributed by atoms with Crippen LogP contribution in [0.3, 0.4) is 0 Å². The molecule has 0 fully saturated rings. The van der Waals surface area contributed by atoms with Gasteiger partial charge in [0.1, 0.15) is 18.7 Å². The minimum Gasteiger partial charge on any atom is -0.486 e. The Morgan fingerprint density at radius 2 is 1.95 bits per heavy atom. The standard InChI is InChI=1S/C14H11N3O2/c1-2-12-13(19-6-5-18-12)7-9(1)11-8-16-14-10(17-11)3-4-15-14/h1-4,7-8H,5-6H2,(H,15,16). The first-order valence-corrected chi connectivity index (χ1v) is 6.10. The highest BCUT2D eigenvalue weighted by Crippen LogP contribution is 2.33. The number of fused-ring (bicyclic) bond motifs is 2. The average molecular weight is 253 g/mol. The van der Waals surface area contributed by atoms with Gasteiger partial charge in [-0.25, -0.2) is 9.97 Å². The maximum atomic E-state index is 5.58. The van der Waals surface area contributed by atoms with E-state index in [-0.39, 0.29) is 0 Å². The lowest BCUT2D eigenvalue weighted by Gasteiger charge is -2.18. The molecule has 19 heavy (non-hydrogen) atoms. The molecule has 1 aliphatic rings. The number of H-pyrrole nitrogens is 1. The van der Waals surface area contributed by atoms with E-state index in [0.29, 0.717) is 13.2 Å². The van der Waals surface area contributed by atoms with Gasteiger partial charge in [-0.1, -0.05) is 0 Å². The molecule has 0 saturated heterocycles. The number of nitrogens with zero attached hydrogens (tertiary/aromatic N) is 2. The first-order valence-electron chi connectivity index (χ1n) is 6.10.